The Balaban J connectivity index is 2.78. The molecule has 0 saturated carbocycles. The first-order valence-electron chi connectivity index (χ1n) is 4.08. The molecule has 0 aliphatic carbocycles. The lowest BCUT2D eigenvalue weighted by Crippen LogP contribution is -2.18. The number of ether oxygens (including phenoxy) is 1. The number of carbonyl (C=O) groups excluding carboxylic acids is 1. The van der Waals surface area contributed by atoms with Crippen molar-refractivity contribution in [2.24, 2.45) is 0 Å². The second-order valence-electron chi connectivity index (χ2n) is 2.86. The molecule has 0 amide bonds. The summed E-state index contributed by atoms with van der Waals surface area (Å²) in [6, 6.07) is 0. The van der Waals surface area contributed by atoms with Crippen molar-refractivity contribution in [1.29, 1.82) is 0 Å². The predicted molar refractivity (Wildman–Crippen MR) is 51.6 cm³/mol. The van der Waals surface area contributed by atoms with Crippen LogP contribution in [0.4, 0.5) is 5.69 Å². The van der Waals surface area contributed by atoms with Crippen LogP contribution in [0.1, 0.15) is 10.4 Å². The highest BCUT2D eigenvalue weighted by Crippen LogP contribution is 2.07. The Kier molecular flexibility index (Phi) is 1.93. The van der Waals surface area contributed by atoms with Gasteiger partial charge >= 0.3 is 5.97 Å². The van der Waals surface area contributed by atoms with Gasteiger partial charge in [0.05, 0.1) is 13.3 Å². The van der Waals surface area contributed by atoms with Crippen molar-refractivity contribution in [2.75, 3.05) is 12.8 Å². The van der Waals surface area contributed by atoms with Gasteiger partial charge in [-0.2, -0.15) is 4.52 Å². The Hall–Kier alpha value is -2.31. The first kappa shape index (κ1) is 9.25. The molecule has 0 bridgehead atoms. The fourth-order valence-electron chi connectivity index (χ4n) is 1.23. The quantitative estimate of drug-likeness (QED) is 0.608. The van der Waals surface area contributed by atoms with E-state index in [1.54, 1.807) is 0 Å². The van der Waals surface area contributed by atoms with Crippen molar-refractivity contribution in [1.82, 2.24) is 14.6 Å². The number of methoxy groups -OCH3 is 1. The SMILES string of the molecule is COC(=O)c1c[nH]n2c(=O)c(N)cnc12. The van der Waals surface area contributed by atoms with Gasteiger partial charge in [0.2, 0.25) is 0 Å². The fourth-order valence-corrected chi connectivity index (χ4v) is 1.23. The van der Waals surface area contributed by atoms with Crippen LogP contribution in [-0.4, -0.2) is 27.7 Å². The summed E-state index contributed by atoms with van der Waals surface area (Å²) in [5.41, 5.74) is 5.31. The fraction of sp³-hybridized carbons (Fsp3) is 0.125. The molecule has 7 nitrogen and oxygen atoms in total. The largest absolute Gasteiger partial charge is 0.465 e. The number of aromatic amines is 1. The van der Waals surface area contributed by atoms with Crippen molar-refractivity contribution in [3.63, 3.8) is 0 Å². The summed E-state index contributed by atoms with van der Waals surface area (Å²) in [7, 11) is 1.25. The van der Waals surface area contributed by atoms with E-state index in [2.05, 4.69) is 14.8 Å². The molecule has 0 radical (unpaired) electrons. The van der Waals surface area contributed by atoms with Crippen molar-refractivity contribution >= 4 is 17.3 Å². The van der Waals surface area contributed by atoms with Crippen molar-refractivity contribution in [3.8, 4) is 0 Å². The highest BCUT2D eigenvalue weighted by Gasteiger charge is 2.15. The second-order valence-corrected chi connectivity index (χ2v) is 2.86. The Morgan fingerprint density at radius 2 is 2.40 bits per heavy atom. The van der Waals surface area contributed by atoms with Gasteiger partial charge in [-0.15, -0.1) is 0 Å². The number of rotatable bonds is 1. The van der Waals surface area contributed by atoms with Gasteiger partial charge in [-0.3, -0.25) is 9.89 Å². The number of nitrogens with zero attached hydrogens (tertiary/aromatic N) is 2. The van der Waals surface area contributed by atoms with Gasteiger partial charge in [0.15, 0.2) is 5.65 Å². The zero-order valence-corrected chi connectivity index (χ0v) is 7.85. The minimum absolute atomic E-state index is 0.00534. The highest BCUT2D eigenvalue weighted by atomic mass is 16.5. The van der Waals surface area contributed by atoms with E-state index in [0.717, 1.165) is 4.52 Å². The van der Waals surface area contributed by atoms with Gasteiger partial charge in [0.25, 0.3) is 5.56 Å². The molecule has 3 N–H and O–H groups in total. The number of nitrogens with one attached hydrogen (secondary N) is 1. The molecule has 0 aromatic carbocycles. The third kappa shape index (κ3) is 1.25. The number of carbonyl (C=O) groups is 1. The van der Waals surface area contributed by atoms with Crippen molar-refractivity contribution < 1.29 is 9.53 Å². The zero-order valence-electron chi connectivity index (χ0n) is 7.85. The van der Waals surface area contributed by atoms with Gasteiger partial charge in [0, 0.05) is 6.20 Å². The predicted octanol–water partition coefficient (Wildman–Crippen LogP) is -0.609. The number of anilines is 1. The highest BCUT2D eigenvalue weighted by molar-refractivity contribution is 5.95. The van der Waals surface area contributed by atoms with Gasteiger partial charge in [-0.05, 0) is 0 Å². The number of nitrogens with two attached hydrogens (primary N) is 1. The zero-order chi connectivity index (χ0) is 11.0. The van der Waals surface area contributed by atoms with E-state index in [1.807, 2.05) is 0 Å². The molecular formula is C8H8N4O3. The summed E-state index contributed by atoms with van der Waals surface area (Å²) in [5, 5.41) is 2.57. The number of esters is 1. The first-order chi connectivity index (χ1) is 7.15. The lowest BCUT2D eigenvalue weighted by molar-refractivity contribution is 0.0602. The lowest BCUT2D eigenvalue weighted by atomic mass is 10.3. The summed E-state index contributed by atoms with van der Waals surface area (Å²) in [6.07, 6.45) is 2.55. The number of hydrogen-bond acceptors (Lipinski definition) is 5. The first-order valence-corrected chi connectivity index (χ1v) is 4.08. The van der Waals surface area contributed by atoms with Crippen LogP contribution in [0.25, 0.3) is 5.65 Å². The maximum atomic E-state index is 11.5. The average Bonchev–Trinajstić information content (AvgIpc) is 2.66. The smallest absolute Gasteiger partial charge is 0.343 e. The van der Waals surface area contributed by atoms with Crippen LogP contribution in [0, 0.1) is 0 Å². The number of H-pyrrole nitrogens is 1. The molecule has 0 aliphatic heterocycles. The topological polar surface area (TPSA) is 102 Å². The molecule has 0 saturated heterocycles. The van der Waals surface area contributed by atoms with Gasteiger partial charge < -0.3 is 10.5 Å². The number of aromatic nitrogens is 3. The van der Waals surface area contributed by atoms with Gasteiger partial charge in [0.1, 0.15) is 11.3 Å². The number of fused-ring (bicyclic) bond motifs is 1. The molecule has 2 heterocycles. The number of nitrogen functional groups attached to an aromatic ring is 1. The summed E-state index contributed by atoms with van der Waals surface area (Å²) in [5.74, 6) is -0.564. The number of hydrogen-bond donors (Lipinski definition) is 2. The van der Waals surface area contributed by atoms with E-state index < -0.39 is 11.5 Å². The van der Waals surface area contributed by atoms with Crippen LogP contribution in [0.2, 0.25) is 0 Å². The Morgan fingerprint density at radius 3 is 3.07 bits per heavy atom. The maximum Gasteiger partial charge on any atom is 0.343 e. The molecule has 2 aromatic heterocycles. The Bertz CT molecular complexity index is 583. The average molecular weight is 208 g/mol. The molecule has 15 heavy (non-hydrogen) atoms. The summed E-state index contributed by atoms with van der Waals surface area (Å²) in [6.45, 7) is 0. The molecule has 2 rings (SSSR count). The van der Waals surface area contributed by atoms with Crippen LogP contribution in [0.5, 0.6) is 0 Å². The molecule has 2 aromatic rings. The van der Waals surface area contributed by atoms with Crippen molar-refractivity contribution in [2.45, 2.75) is 0 Å². The third-order valence-corrected chi connectivity index (χ3v) is 1.97. The minimum atomic E-state index is -0.564. The summed E-state index contributed by atoms with van der Waals surface area (Å²) < 4.78 is 5.61. The third-order valence-electron chi connectivity index (χ3n) is 1.97. The van der Waals surface area contributed by atoms with E-state index in [-0.39, 0.29) is 16.9 Å². The minimum Gasteiger partial charge on any atom is -0.465 e. The summed E-state index contributed by atoms with van der Waals surface area (Å²) >= 11 is 0. The van der Waals surface area contributed by atoms with E-state index in [1.165, 1.54) is 19.5 Å². The van der Waals surface area contributed by atoms with E-state index >= 15 is 0 Å². The normalized spacial score (nSPS) is 10.5. The van der Waals surface area contributed by atoms with Crippen LogP contribution >= 0.6 is 0 Å². The molecule has 0 unspecified atom stereocenters. The van der Waals surface area contributed by atoms with Crippen LogP contribution in [-0.2, 0) is 4.74 Å². The van der Waals surface area contributed by atoms with E-state index in [4.69, 9.17) is 5.73 Å². The van der Waals surface area contributed by atoms with E-state index in [9.17, 15) is 9.59 Å². The summed E-state index contributed by atoms with van der Waals surface area (Å²) in [4.78, 5) is 26.6. The second kappa shape index (κ2) is 3.12. The van der Waals surface area contributed by atoms with Gasteiger partial charge in [-0.25, -0.2) is 9.78 Å². The molecular weight excluding hydrogens is 200 g/mol. The maximum absolute atomic E-state index is 11.5. The molecule has 0 atom stereocenters. The standard InChI is InChI=1S/C8H8N4O3/c1-15-8(14)4-2-11-12-6(4)10-3-5(9)7(12)13/h2-3,11H,9H2,1H3. The Morgan fingerprint density at radius 1 is 1.67 bits per heavy atom. The molecule has 0 spiro atoms. The molecule has 78 valence electrons. The van der Waals surface area contributed by atoms with Crippen molar-refractivity contribution in [3.05, 3.63) is 28.3 Å². The Labute approximate surface area is 83.5 Å². The molecule has 7 heteroatoms. The molecule has 0 fully saturated rings. The van der Waals surface area contributed by atoms with Crippen LogP contribution in [0.15, 0.2) is 17.2 Å². The van der Waals surface area contributed by atoms with Crippen LogP contribution in [0.3, 0.4) is 0 Å². The lowest BCUT2D eigenvalue weighted by Gasteiger charge is -1.96. The molecule has 0 aliphatic rings. The van der Waals surface area contributed by atoms with Crippen LogP contribution < -0.4 is 11.3 Å². The van der Waals surface area contributed by atoms with E-state index in [0.29, 0.717) is 0 Å². The monoisotopic (exact) mass is 208 g/mol. The van der Waals surface area contributed by atoms with Gasteiger partial charge in [-0.1, -0.05) is 0 Å².